The number of hydrogen-bond acceptors (Lipinski definition) is 2. The normalized spacial score (nSPS) is 11.1. The summed E-state index contributed by atoms with van der Waals surface area (Å²) in [6, 6.07) is 8.05. The van der Waals surface area contributed by atoms with Crippen LogP contribution in [0.15, 0.2) is 36.5 Å². The average molecular weight is 322 g/mol. The van der Waals surface area contributed by atoms with Gasteiger partial charge in [0.25, 0.3) is 0 Å². The Morgan fingerprint density at radius 3 is 2.83 bits per heavy atom. The summed E-state index contributed by atoms with van der Waals surface area (Å²) in [5.41, 5.74) is 2.26. The third-order valence-electron chi connectivity index (χ3n) is 2.57. The summed E-state index contributed by atoms with van der Waals surface area (Å²) < 4.78 is 15.3. The first-order valence-corrected chi connectivity index (χ1v) is 6.46. The molecule has 0 aliphatic carbocycles. The van der Waals surface area contributed by atoms with Gasteiger partial charge in [-0.15, -0.1) is 0 Å². The van der Waals surface area contributed by atoms with Gasteiger partial charge in [0.05, 0.1) is 0 Å². The topological polar surface area (TPSA) is 30.2 Å². The summed E-state index contributed by atoms with van der Waals surface area (Å²) in [5.74, 6) is -0.356. The maximum absolute atomic E-state index is 13.1. The Morgan fingerprint density at radius 2 is 2.06 bits per heavy atom. The molecule has 2 heterocycles. The van der Waals surface area contributed by atoms with Crippen molar-refractivity contribution in [1.29, 1.82) is 0 Å². The van der Waals surface area contributed by atoms with Crippen LogP contribution in [-0.4, -0.2) is 31.5 Å². The van der Waals surface area contributed by atoms with E-state index in [-0.39, 0.29) is 5.82 Å². The van der Waals surface area contributed by atoms with E-state index in [1.165, 1.54) is 12.1 Å². The second-order valence-corrected chi connectivity index (χ2v) is 4.97. The molecule has 3 rings (SSSR count). The monoisotopic (exact) mass is 321 g/mol. The van der Waals surface area contributed by atoms with Crippen LogP contribution in [0, 0.1) is 5.82 Å². The number of hydrogen-bond donors (Lipinski definition) is 0. The Balaban J connectivity index is 2.31. The molecule has 6 heteroatoms. The van der Waals surface area contributed by atoms with E-state index in [9.17, 15) is 4.39 Å². The zero-order valence-electron chi connectivity index (χ0n) is 9.01. The van der Waals surface area contributed by atoms with E-state index in [1.807, 2.05) is 12.1 Å². The third kappa shape index (κ3) is 1.92. The predicted molar refractivity (Wildman–Crippen MR) is 68.8 cm³/mol. The van der Waals surface area contributed by atoms with Gasteiger partial charge in [0.1, 0.15) is 0 Å². The molecule has 3 nitrogen and oxygen atoms in total. The average Bonchev–Trinajstić information content (AvgIpc) is 2.69. The van der Waals surface area contributed by atoms with E-state index in [4.69, 9.17) is 11.6 Å². The minimum atomic E-state index is -0.356. The molecular formula is C12H6AsClFN3. The van der Waals surface area contributed by atoms with Crippen molar-refractivity contribution in [2.24, 2.45) is 0 Å². The number of rotatable bonds is 1. The van der Waals surface area contributed by atoms with Crippen LogP contribution < -0.4 is 4.61 Å². The first-order chi connectivity index (χ1) is 8.65. The second-order valence-electron chi connectivity index (χ2n) is 3.73. The van der Waals surface area contributed by atoms with Crippen molar-refractivity contribution in [3.8, 4) is 11.1 Å². The molecule has 0 aliphatic heterocycles. The molecule has 3 aromatic rings. The van der Waals surface area contributed by atoms with Crippen LogP contribution in [0.1, 0.15) is 0 Å². The fourth-order valence-corrected chi connectivity index (χ4v) is 2.48. The van der Waals surface area contributed by atoms with Gasteiger partial charge in [0.15, 0.2) is 0 Å². The van der Waals surface area contributed by atoms with Gasteiger partial charge in [0, 0.05) is 0 Å². The number of fused-ring (bicyclic) bond motifs is 1. The summed E-state index contributed by atoms with van der Waals surface area (Å²) in [6.07, 6.45) is 1.81. The third-order valence-corrected chi connectivity index (χ3v) is 3.28. The summed E-state index contributed by atoms with van der Waals surface area (Å²) in [6.45, 7) is 0. The van der Waals surface area contributed by atoms with Gasteiger partial charge in [-0.2, -0.15) is 0 Å². The molecular weight excluding hydrogens is 316 g/mol. The Hall–Kier alpha value is -1.38. The molecule has 0 bridgehead atoms. The van der Waals surface area contributed by atoms with Crippen LogP contribution in [0.2, 0.25) is 5.02 Å². The second kappa shape index (κ2) is 4.38. The quantitative estimate of drug-likeness (QED) is 0.642. The van der Waals surface area contributed by atoms with Crippen LogP contribution in [0.4, 0.5) is 4.39 Å². The number of halogens is 2. The van der Waals surface area contributed by atoms with E-state index >= 15 is 0 Å². The summed E-state index contributed by atoms with van der Waals surface area (Å²) in [5, 5.41) is 4.57. The number of nitrogens with zero attached hydrogens (tertiary/aromatic N) is 3. The van der Waals surface area contributed by atoms with Crippen molar-refractivity contribution in [2.45, 2.75) is 0 Å². The minimum absolute atomic E-state index is 0.356. The van der Waals surface area contributed by atoms with Gasteiger partial charge in [-0.1, -0.05) is 0 Å². The number of aromatic nitrogens is 3. The molecule has 0 fully saturated rings. The van der Waals surface area contributed by atoms with Crippen LogP contribution in [0.25, 0.3) is 16.8 Å². The van der Waals surface area contributed by atoms with E-state index in [1.54, 1.807) is 16.8 Å². The van der Waals surface area contributed by atoms with Crippen LogP contribution in [-0.2, 0) is 0 Å². The zero-order chi connectivity index (χ0) is 12.7. The van der Waals surface area contributed by atoms with E-state index in [0.29, 0.717) is 15.3 Å². The van der Waals surface area contributed by atoms with Crippen molar-refractivity contribution < 1.29 is 4.39 Å². The van der Waals surface area contributed by atoms with Crippen LogP contribution >= 0.6 is 11.6 Å². The van der Waals surface area contributed by atoms with Gasteiger partial charge in [0.2, 0.25) is 0 Å². The van der Waals surface area contributed by atoms with E-state index in [2.05, 4.69) is 26.9 Å². The molecule has 0 saturated carbocycles. The van der Waals surface area contributed by atoms with Crippen molar-refractivity contribution in [3.05, 3.63) is 47.4 Å². The molecule has 2 radical (unpaired) electrons. The first-order valence-electron chi connectivity index (χ1n) is 5.15. The van der Waals surface area contributed by atoms with Crippen molar-refractivity contribution in [3.63, 3.8) is 0 Å². The summed E-state index contributed by atoms with van der Waals surface area (Å²) in [4.78, 5) is 4.32. The SMILES string of the molecule is Fc1ccc(-c2cccn3nc([As])nc23)c(Cl)c1. The van der Waals surface area contributed by atoms with Crippen molar-refractivity contribution in [2.75, 3.05) is 0 Å². The van der Waals surface area contributed by atoms with Gasteiger partial charge in [-0.05, 0) is 0 Å². The molecule has 88 valence electrons. The van der Waals surface area contributed by atoms with Crippen molar-refractivity contribution in [1.82, 2.24) is 14.6 Å². The molecule has 18 heavy (non-hydrogen) atoms. The Kier molecular flexibility index (Phi) is 2.84. The molecule has 0 amide bonds. The molecule has 0 saturated heterocycles. The molecule has 0 N–H and O–H groups in total. The fraction of sp³-hybridized carbons (Fsp3) is 0. The fourth-order valence-electron chi connectivity index (χ4n) is 1.81. The molecule has 0 aliphatic rings. The molecule has 0 unspecified atom stereocenters. The Bertz CT molecular complexity index is 741. The molecule has 1 aromatic carbocycles. The number of benzene rings is 1. The first kappa shape index (κ1) is 11.7. The summed E-state index contributed by atoms with van der Waals surface area (Å²) in [7, 11) is 0. The van der Waals surface area contributed by atoms with Gasteiger partial charge >= 0.3 is 116 Å². The Morgan fingerprint density at radius 1 is 1.22 bits per heavy atom. The maximum atomic E-state index is 13.1. The van der Waals surface area contributed by atoms with Gasteiger partial charge in [-0.3, -0.25) is 0 Å². The molecule has 0 spiro atoms. The van der Waals surface area contributed by atoms with Gasteiger partial charge < -0.3 is 0 Å². The van der Waals surface area contributed by atoms with E-state index in [0.717, 1.165) is 11.1 Å². The van der Waals surface area contributed by atoms with E-state index < -0.39 is 0 Å². The molecule has 0 atom stereocenters. The predicted octanol–water partition coefficient (Wildman–Crippen LogP) is 1.98. The van der Waals surface area contributed by atoms with Crippen molar-refractivity contribution >= 4 is 38.7 Å². The Labute approximate surface area is 116 Å². The summed E-state index contributed by atoms with van der Waals surface area (Å²) >= 11 is 8.36. The standard InChI is InChI=1S/C12H6AsClFN3/c13-12-16-11-9(2-1-5-18(11)17-12)8-4-3-7(15)6-10(8)14/h1-6H. The van der Waals surface area contributed by atoms with Crippen LogP contribution in [0.3, 0.4) is 0 Å². The zero-order valence-corrected chi connectivity index (χ0v) is 11.6. The number of pyridine rings is 1. The van der Waals surface area contributed by atoms with Crippen LogP contribution in [0.5, 0.6) is 0 Å². The molecule has 2 aromatic heterocycles. The van der Waals surface area contributed by atoms with Gasteiger partial charge in [-0.25, -0.2) is 0 Å².